The highest BCUT2D eigenvalue weighted by Gasteiger charge is 2.09. The van der Waals surface area contributed by atoms with Gasteiger partial charge in [0, 0.05) is 11.3 Å². The van der Waals surface area contributed by atoms with E-state index in [9.17, 15) is 9.59 Å². The van der Waals surface area contributed by atoms with Crippen molar-refractivity contribution in [1.82, 2.24) is 5.32 Å². The van der Waals surface area contributed by atoms with Crippen molar-refractivity contribution in [3.8, 4) is 5.75 Å². The molecule has 6 nitrogen and oxygen atoms in total. The minimum atomic E-state index is -0.107. The molecule has 2 aromatic rings. The fourth-order valence-electron chi connectivity index (χ4n) is 2.90. The topological polar surface area (TPSA) is 71.9 Å². The lowest BCUT2D eigenvalue weighted by molar-refractivity contribution is -0.895. The number of carbonyl (C=O) groups excluding carboxylic acids is 2. The molecule has 0 aliphatic rings. The fraction of sp³-hybridized carbons (Fsp3) is 0.364. The van der Waals surface area contributed by atoms with Gasteiger partial charge in [0.25, 0.3) is 5.91 Å². The number of amides is 2. The molecule has 2 rings (SSSR count). The minimum Gasteiger partial charge on any atom is -0.497 e. The molecule has 2 aromatic carbocycles. The molecule has 150 valence electrons. The van der Waals surface area contributed by atoms with E-state index < -0.39 is 0 Å². The number of carbonyl (C=O) groups is 2. The van der Waals surface area contributed by atoms with Crippen LogP contribution in [0.15, 0.2) is 48.5 Å². The molecule has 0 bridgehead atoms. The second kappa shape index (κ2) is 11.1. The van der Waals surface area contributed by atoms with Gasteiger partial charge in [-0.15, -0.1) is 0 Å². The first-order valence-corrected chi connectivity index (χ1v) is 9.70. The van der Waals surface area contributed by atoms with Gasteiger partial charge in [0.05, 0.1) is 39.7 Å². The first-order valence-electron chi connectivity index (χ1n) is 9.70. The van der Waals surface area contributed by atoms with Gasteiger partial charge in [-0.25, -0.2) is 0 Å². The van der Waals surface area contributed by atoms with Crippen molar-refractivity contribution < 1.29 is 19.2 Å². The molecule has 3 N–H and O–H groups in total. The van der Waals surface area contributed by atoms with Crippen LogP contribution in [-0.4, -0.2) is 45.1 Å². The number of quaternary nitrogens is 1. The van der Waals surface area contributed by atoms with E-state index in [1.807, 2.05) is 24.3 Å². The van der Waals surface area contributed by atoms with Gasteiger partial charge in [0.15, 0.2) is 0 Å². The van der Waals surface area contributed by atoms with Gasteiger partial charge < -0.3 is 20.3 Å². The molecule has 0 fully saturated rings. The van der Waals surface area contributed by atoms with E-state index in [1.54, 1.807) is 31.4 Å². The minimum absolute atomic E-state index is 0.0948. The monoisotopic (exact) mass is 384 g/mol. The lowest BCUT2D eigenvalue weighted by atomic mass is 10.1. The molecule has 0 saturated heterocycles. The normalized spacial score (nSPS) is 10.6. The molecular weight excluding hydrogens is 354 g/mol. The number of benzene rings is 2. The molecule has 0 radical (unpaired) electrons. The highest BCUT2D eigenvalue weighted by Crippen LogP contribution is 2.13. The Balaban J connectivity index is 1.82. The fourth-order valence-corrected chi connectivity index (χ4v) is 2.90. The van der Waals surface area contributed by atoms with Crippen molar-refractivity contribution in [3.63, 3.8) is 0 Å². The van der Waals surface area contributed by atoms with E-state index in [0.29, 0.717) is 17.8 Å². The Bertz CT molecular complexity index is 754. The summed E-state index contributed by atoms with van der Waals surface area (Å²) in [6.07, 6.45) is 0.278. The summed E-state index contributed by atoms with van der Waals surface area (Å²) in [5, 5.41) is 5.80. The zero-order valence-corrected chi connectivity index (χ0v) is 16.9. The molecule has 0 atom stereocenters. The number of anilines is 1. The van der Waals surface area contributed by atoms with Crippen molar-refractivity contribution in [2.45, 2.75) is 20.3 Å². The van der Waals surface area contributed by atoms with E-state index >= 15 is 0 Å². The Morgan fingerprint density at radius 1 is 0.964 bits per heavy atom. The lowest BCUT2D eigenvalue weighted by Gasteiger charge is -2.15. The summed E-state index contributed by atoms with van der Waals surface area (Å²) < 4.78 is 5.11. The van der Waals surface area contributed by atoms with Gasteiger partial charge in [-0.3, -0.25) is 9.59 Å². The number of methoxy groups -OCH3 is 1. The maximum atomic E-state index is 12.2. The standard InChI is InChI=1S/C22H29N3O3/c1-4-25(5-2)15-14-23-22(27)18-8-10-19(11-9-18)24-21(26)16-17-6-12-20(28-3)13-7-17/h6-13H,4-5,14-16H2,1-3H3,(H,23,27)(H,24,26)/p+1. The second-order valence-electron chi connectivity index (χ2n) is 6.61. The number of likely N-dealkylation sites (N-methyl/N-ethyl adjacent to an activating group) is 1. The smallest absolute Gasteiger partial charge is 0.251 e. The Kier molecular flexibility index (Phi) is 8.49. The summed E-state index contributed by atoms with van der Waals surface area (Å²) in [4.78, 5) is 25.9. The van der Waals surface area contributed by atoms with Crippen molar-refractivity contribution in [2.75, 3.05) is 38.6 Å². The molecule has 2 amide bonds. The zero-order valence-electron chi connectivity index (χ0n) is 16.9. The average Bonchev–Trinajstić information content (AvgIpc) is 2.72. The molecule has 0 spiro atoms. The number of hydrogen-bond acceptors (Lipinski definition) is 3. The van der Waals surface area contributed by atoms with E-state index in [0.717, 1.165) is 30.9 Å². The Labute approximate surface area is 166 Å². The summed E-state index contributed by atoms with van der Waals surface area (Å²) in [5.74, 6) is 0.559. The van der Waals surface area contributed by atoms with Crippen molar-refractivity contribution in [1.29, 1.82) is 0 Å². The maximum absolute atomic E-state index is 12.2. The van der Waals surface area contributed by atoms with Crippen LogP contribution in [0.2, 0.25) is 0 Å². The predicted molar refractivity (Wildman–Crippen MR) is 111 cm³/mol. The van der Waals surface area contributed by atoms with Crippen LogP contribution < -0.4 is 20.3 Å². The zero-order chi connectivity index (χ0) is 20.4. The number of rotatable bonds is 10. The summed E-state index contributed by atoms with van der Waals surface area (Å²) >= 11 is 0. The van der Waals surface area contributed by atoms with Gasteiger partial charge in [0.1, 0.15) is 5.75 Å². The Morgan fingerprint density at radius 3 is 2.18 bits per heavy atom. The molecular formula is C22H30N3O3+. The molecule has 0 aliphatic carbocycles. The summed E-state index contributed by atoms with van der Waals surface area (Å²) in [7, 11) is 1.61. The number of ether oxygens (including phenoxy) is 1. The Hall–Kier alpha value is -2.86. The van der Waals surface area contributed by atoms with Gasteiger partial charge >= 0.3 is 0 Å². The van der Waals surface area contributed by atoms with Gasteiger partial charge in [-0.05, 0) is 55.8 Å². The largest absolute Gasteiger partial charge is 0.497 e. The third kappa shape index (κ3) is 6.70. The van der Waals surface area contributed by atoms with Crippen molar-refractivity contribution >= 4 is 17.5 Å². The van der Waals surface area contributed by atoms with Crippen LogP contribution in [0.4, 0.5) is 5.69 Å². The third-order valence-electron chi connectivity index (χ3n) is 4.72. The molecule has 0 saturated carbocycles. The van der Waals surface area contributed by atoms with Crippen molar-refractivity contribution in [2.24, 2.45) is 0 Å². The SMILES string of the molecule is CC[NH+](CC)CCNC(=O)c1ccc(NC(=O)Cc2ccc(OC)cc2)cc1. The molecule has 28 heavy (non-hydrogen) atoms. The summed E-state index contributed by atoms with van der Waals surface area (Å²) in [6.45, 7) is 7.95. The predicted octanol–water partition coefficient (Wildman–Crippen LogP) is 1.53. The molecule has 0 aromatic heterocycles. The molecule has 0 aliphatic heterocycles. The summed E-state index contributed by atoms with van der Waals surface area (Å²) in [5.41, 5.74) is 2.16. The Morgan fingerprint density at radius 2 is 1.61 bits per heavy atom. The van der Waals surface area contributed by atoms with Crippen LogP contribution in [0, 0.1) is 0 Å². The van der Waals surface area contributed by atoms with E-state index in [2.05, 4.69) is 24.5 Å². The van der Waals surface area contributed by atoms with Gasteiger partial charge in [0.2, 0.25) is 5.91 Å². The van der Waals surface area contributed by atoms with E-state index in [4.69, 9.17) is 4.74 Å². The molecule has 0 heterocycles. The van der Waals surface area contributed by atoms with Crippen molar-refractivity contribution in [3.05, 3.63) is 59.7 Å². The second-order valence-corrected chi connectivity index (χ2v) is 6.61. The van der Waals surface area contributed by atoms with Gasteiger partial charge in [-0.2, -0.15) is 0 Å². The van der Waals surface area contributed by atoms with E-state index in [-0.39, 0.29) is 18.2 Å². The third-order valence-corrected chi connectivity index (χ3v) is 4.72. The van der Waals surface area contributed by atoms with E-state index in [1.165, 1.54) is 4.90 Å². The quantitative estimate of drug-likeness (QED) is 0.582. The van der Waals surface area contributed by atoms with Gasteiger partial charge in [-0.1, -0.05) is 12.1 Å². The highest BCUT2D eigenvalue weighted by atomic mass is 16.5. The first kappa shape index (κ1) is 21.4. The first-order chi connectivity index (χ1) is 13.5. The van der Waals surface area contributed by atoms with Crippen LogP contribution in [0.3, 0.4) is 0 Å². The molecule has 6 heteroatoms. The van der Waals surface area contributed by atoms with Crippen LogP contribution in [0.25, 0.3) is 0 Å². The lowest BCUT2D eigenvalue weighted by Crippen LogP contribution is -3.12. The summed E-state index contributed by atoms with van der Waals surface area (Å²) in [6, 6.07) is 14.3. The number of nitrogens with one attached hydrogen (secondary N) is 3. The number of hydrogen-bond donors (Lipinski definition) is 3. The van der Waals surface area contributed by atoms with Crippen LogP contribution in [0.1, 0.15) is 29.8 Å². The van der Waals surface area contributed by atoms with Crippen LogP contribution in [0.5, 0.6) is 5.75 Å². The van der Waals surface area contributed by atoms with Crippen LogP contribution >= 0.6 is 0 Å². The highest BCUT2D eigenvalue weighted by molar-refractivity contribution is 5.96. The molecule has 0 unspecified atom stereocenters. The van der Waals surface area contributed by atoms with Crippen LogP contribution in [-0.2, 0) is 11.2 Å². The maximum Gasteiger partial charge on any atom is 0.251 e. The average molecular weight is 385 g/mol.